The molecule has 0 aliphatic carbocycles. The van der Waals surface area contributed by atoms with E-state index in [0.717, 1.165) is 6.54 Å². The molecule has 1 saturated heterocycles. The molecule has 7 heteroatoms. The van der Waals surface area contributed by atoms with Gasteiger partial charge in [0.2, 0.25) is 5.91 Å². The molecule has 3 N–H and O–H groups in total. The average Bonchev–Trinajstić information content (AvgIpc) is 2.45. The fraction of sp³-hybridized carbons (Fsp3) is 0.500. The number of carbonyl (C=O) groups is 1. The minimum Gasteiger partial charge on any atom is -0.506 e. The standard InChI is InChI=1S/C14H19Cl2N3O2/c1-2-18-14(21)12-7-17-3-4-19(12)8-9-5-10(15)6-11(16)13(9)20/h5-6,12,17,20H,2-4,7-8H2,1H3,(H,18,21). The van der Waals surface area contributed by atoms with Gasteiger partial charge in [0.25, 0.3) is 0 Å². The van der Waals surface area contributed by atoms with E-state index in [2.05, 4.69) is 10.6 Å². The second kappa shape index (κ2) is 7.31. The van der Waals surface area contributed by atoms with Crippen LogP contribution in [0.3, 0.4) is 0 Å². The molecule has 1 atom stereocenters. The van der Waals surface area contributed by atoms with Crippen LogP contribution < -0.4 is 10.6 Å². The highest BCUT2D eigenvalue weighted by Gasteiger charge is 2.29. The van der Waals surface area contributed by atoms with E-state index >= 15 is 0 Å². The zero-order chi connectivity index (χ0) is 15.4. The van der Waals surface area contributed by atoms with Crippen molar-refractivity contribution in [1.82, 2.24) is 15.5 Å². The number of likely N-dealkylation sites (N-methyl/N-ethyl adjacent to an activating group) is 1. The van der Waals surface area contributed by atoms with Crippen LogP contribution in [-0.4, -0.2) is 48.1 Å². The molecule has 21 heavy (non-hydrogen) atoms. The summed E-state index contributed by atoms with van der Waals surface area (Å²) >= 11 is 11.9. The van der Waals surface area contributed by atoms with E-state index in [0.29, 0.717) is 36.8 Å². The summed E-state index contributed by atoms with van der Waals surface area (Å²) in [6.07, 6.45) is 0. The van der Waals surface area contributed by atoms with E-state index in [1.807, 2.05) is 11.8 Å². The maximum Gasteiger partial charge on any atom is 0.238 e. The molecule has 0 bridgehead atoms. The molecule has 0 spiro atoms. The summed E-state index contributed by atoms with van der Waals surface area (Å²) in [5.41, 5.74) is 0.628. The lowest BCUT2D eigenvalue weighted by Crippen LogP contribution is -2.57. The molecule has 116 valence electrons. The Hall–Kier alpha value is -1.01. The van der Waals surface area contributed by atoms with Gasteiger partial charge in [0.05, 0.1) is 5.02 Å². The van der Waals surface area contributed by atoms with Crippen molar-refractivity contribution in [2.75, 3.05) is 26.2 Å². The van der Waals surface area contributed by atoms with Crippen LogP contribution in [0.15, 0.2) is 12.1 Å². The lowest BCUT2D eigenvalue weighted by atomic mass is 10.1. The number of nitrogens with zero attached hydrogens (tertiary/aromatic N) is 1. The lowest BCUT2D eigenvalue weighted by molar-refractivity contribution is -0.127. The third-order valence-corrected chi connectivity index (χ3v) is 3.99. The average molecular weight is 332 g/mol. The van der Waals surface area contributed by atoms with Crippen LogP contribution in [0.1, 0.15) is 12.5 Å². The number of carbonyl (C=O) groups excluding carboxylic acids is 1. The molecule has 2 rings (SSSR count). The quantitative estimate of drug-likeness (QED) is 0.784. The first kappa shape index (κ1) is 16.4. The molecule has 1 unspecified atom stereocenters. The Morgan fingerprint density at radius 2 is 2.29 bits per heavy atom. The molecular weight excluding hydrogens is 313 g/mol. The molecule has 1 heterocycles. The Morgan fingerprint density at radius 1 is 1.52 bits per heavy atom. The zero-order valence-corrected chi connectivity index (χ0v) is 13.3. The summed E-state index contributed by atoms with van der Waals surface area (Å²) < 4.78 is 0. The second-order valence-corrected chi connectivity index (χ2v) is 5.82. The third-order valence-electron chi connectivity index (χ3n) is 3.49. The summed E-state index contributed by atoms with van der Waals surface area (Å²) in [7, 11) is 0. The van der Waals surface area contributed by atoms with Crippen molar-refractivity contribution in [3.63, 3.8) is 0 Å². The first-order valence-electron chi connectivity index (χ1n) is 6.92. The van der Waals surface area contributed by atoms with Gasteiger partial charge < -0.3 is 15.7 Å². The Morgan fingerprint density at radius 3 is 3.00 bits per heavy atom. The maximum absolute atomic E-state index is 12.1. The molecule has 1 aliphatic rings. The molecule has 0 radical (unpaired) electrons. The van der Waals surface area contributed by atoms with Gasteiger partial charge in [-0.3, -0.25) is 9.69 Å². The predicted molar refractivity (Wildman–Crippen MR) is 83.9 cm³/mol. The van der Waals surface area contributed by atoms with Crippen LogP contribution >= 0.6 is 23.2 Å². The highest BCUT2D eigenvalue weighted by atomic mass is 35.5. The normalized spacial score (nSPS) is 19.5. The van der Waals surface area contributed by atoms with Crippen molar-refractivity contribution in [1.29, 1.82) is 0 Å². The fourth-order valence-corrected chi connectivity index (χ4v) is 2.98. The van der Waals surface area contributed by atoms with E-state index in [1.165, 1.54) is 6.07 Å². The number of amides is 1. The van der Waals surface area contributed by atoms with Crippen molar-refractivity contribution in [3.8, 4) is 5.75 Å². The first-order valence-corrected chi connectivity index (χ1v) is 7.68. The van der Waals surface area contributed by atoms with Crippen LogP contribution in [0, 0.1) is 0 Å². The van der Waals surface area contributed by atoms with E-state index in [4.69, 9.17) is 23.2 Å². The second-order valence-electron chi connectivity index (χ2n) is 4.98. The van der Waals surface area contributed by atoms with Gasteiger partial charge in [0.15, 0.2) is 0 Å². The first-order chi connectivity index (χ1) is 10.0. The number of hydrogen-bond acceptors (Lipinski definition) is 4. The molecule has 5 nitrogen and oxygen atoms in total. The maximum atomic E-state index is 12.1. The monoisotopic (exact) mass is 331 g/mol. The van der Waals surface area contributed by atoms with Crippen LogP contribution in [0.4, 0.5) is 0 Å². The fourth-order valence-electron chi connectivity index (χ4n) is 2.44. The number of aromatic hydroxyl groups is 1. The number of benzene rings is 1. The summed E-state index contributed by atoms with van der Waals surface area (Å²) in [6.45, 7) is 5.01. The van der Waals surface area contributed by atoms with Crippen molar-refractivity contribution in [2.45, 2.75) is 19.5 Å². The molecule has 0 aromatic heterocycles. The Kier molecular flexibility index (Phi) is 5.70. The van der Waals surface area contributed by atoms with Crippen molar-refractivity contribution < 1.29 is 9.90 Å². The molecule has 1 aromatic rings. The van der Waals surface area contributed by atoms with Gasteiger partial charge in [-0.15, -0.1) is 0 Å². The van der Waals surface area contributed by atoms with Crippen LogP contribution in [0.5, 0.6) is 5.75 Å². The molecule has 1 aliphatic heterocycles. The Balaban J connectivity index is 2.17. The zero-order valence-electron chi connectivity index (χ0n) is 11.8. The van der Waals surface area contributed by atoms with Gasteiger partial charge in [-0.1, -0.05) is 23.2 Å². The highest BCUT2D eigenvalue weighted by molar-refractivity contribution is 6.35. The number of phenolic OH excluding ortho intramolecular Hbond substituents is 1. The number of nitrogens with one attached hydrogen (secondary N) is 2. The van der Waals surface area contributed by atoms with Gasteiger partial charge in [0.1, 0.15) is 11.8 Å². The van der Waals surface area contributed by atoms with Crippen molar-refractivity contribution in [2.24, 2.45) is 0 Å². The predicted octanol–water partition coefficient (Wildman–Crippen LogP) is 1.61. The number of halogens is 2. The van der Waals surface area contributed by atoms with E-state index in [-0.39, 0.29) is 22.7 Å². The number of hydrogen-bond donors (Lipinski definition) is 3. The molecule has 1 aromatic carbocycles. The number of phenols is 1. The van der Waals surface area contributed by atoms with Crippen molar-refractivity contribution >= 4 is 29.1 Å². The minimum atomic E-state index is -0.268. The topological polar surface area (TPSA) is 64.6 Å². The smallest absolute Gasteiger partial charge is 0.238 e. The van der Waals surface area contributed by atoms with E-state index < -0.39 is 0 Å². The number of piperazine rings is 1. The Labute approximate surface area is 134 Å². The van der Waals surface area contributed by atoms with Gasteiger partial charge in [-0.25, -0.2) is 0 Å². The van der Waals surface area contributed by atoms with Crippen LogP contribution in [-0.2, 0) is 11.3 Å². The minimum absolute atomic E-state index is 0.0164. The van der Waals surface area contributed by atoms with Gasteiger partial charge in [-0.05, 0) is 19.1 Å². The highest BCUT2D eigenvalue weighted by Crippen LogP contribution is 2.32. The van der Waals surface area contributed by atoms with Gasteiger partial charge in [-0.2, -0.15) is 0 Å². The molecular formula is C14H19Cl2N3O2. The summed E-state index contributed by atoms with van der Waals surface area (Å²) in [5.74, 6) is 0.00608. The number of rotatable bonds is 4. The van der Waals surface area contributed by atoms with Crippen LogP contribution in [0.25, 0.3) is 0 Å². The Bertz CT molecular complexity index is 525. The van der Waals surface area contributed by atoms with Gasteiger partial charge in [0, 0.05) is 43.3 Å². The SMILES string of the molecule is CCNC(=O)C1CNCCN1Cc1cc(Cl)cc(Cl)c1O. The van der Waals surface area contributed by atoms with E-state index in [1.54, 1.807) is 6.07 Å². The van der Waals surface area contributed by atoms with Crippen LogP contribution in [0.2, 0.25) is 10.0 Å². The largest absolute Gasteiger partial charge is 0.506 e. The summed E-state index contributed by atoms with van der Waals surface area (Å²) in [6, 6.07) is 2.91. The summed E-state index contributed by atoms with van der Waals surface area (Å²) in [5, 5.41) is 16.8. The summed E-state index contributed by atoms with van der Waals surface area (Å²) in [4.78, 5) is 14.1. The van der Waals surface area contributed by atoms with Gasteiger partial charge >= 0.3 is 0 Å². The van der Waals surface area contributed by atoms with Crippen molar-refractivity contribution in [3.05, 3.63) is 27.7 Å². The molecule has 1 fully saturated rings. The lowest BCUT2D eigenvalue weighted by Gasteiger charge is -2.35. The molecule has 0 saturated carbocycles. The van der Waals surface area contributed by atoms with E-state index in [9.17, 15) is 9.90 Å². The molecule has 1 amide bonds. The third kappa shape index (κ3) is 4.01.